The van der Waals surface area contributed by atoms with Gasteiger partial charge in [-0.25, -0.2) is 4.79 Å². The first-order valence-corrected chi connectivity index (χ1v) is 7.38. The van der Waals surface area contributed by atoms with Crippen LogP contribution in [-0.4, -0.2) is 30.0 Å². The molecule has 0 aliphatic heterocycles. The summed E-state index contributed by atoms with van der Waals surface area (Å²) < 4.78 is 4.64. The van der Waals surface area contributed by atoms with Crippen LogP contribution in [0, 0.1) is 0 Å². The van der Waals surface area contributed by atoms with Crippen LogP contribution in [0.5, 0.6) is 0 Å². The van der Waals surface area contributed by atoms with Crippen molar-refractivity contribution < 1.29 is 14.3 Å². The molecule has 0 radical (unpaired) electrons. The molecule has 1 saturated carbocycles. The highest BCUT2D eigenvalue weighted by Gasteiger charge is 2.27. The molecular weight excluding hydrogens is 280 g/mol. The van der Waals surface area contributed by atoms with E-state index in [-0.39, 0.29) is 5.91 Å². The third-order valence-corrected chi connectivity index (χ3v) is 3.88. The molecule has 1 aromatic heterocycles. The van der Waals surface area contributed by atoms with Gasteiger partial charge in [0, 0.05) is 17.0 Å². The van der Waals surface area contributed by atoms with Gasteiger partial charge in [-0.3, -0.25) is 9.78 Å². The van der Waals surface area contributed by atoms with Gasteiger partial charge >= 0.3 is 5.97 Å². The van der Waals surface area contributed by atoms with Crippen LogP contribution in [0.25, 0.3) is 10.9 Å². The lowest BCUT2D eigenvalue weighted by molar-refractivity contribution is -0.142. The number of pyridine rings is 1. The molecule has 0 spiro atoms. The molecule has 1 fully saturated rings. The van der Waals surface area contributed by atoms with Gasteiger partial charge in [0.05, 0.1) is 18.2 Å². The quantitative estimate of drug-likeness (QED) is 0.880. The molecule has 3 rings (SSSR count). The number of amides is 1. The predicted octanol–water partition coefficient (Wildman–Crippen LogP) is 2.40. The second kappa shape index (κ2) is 5.75. The average molecular weight is 298 g/mol. The van der Waals surface area contributed by atoms with Crippen LogP contribution in [0.2, 0.25) is 0 Å². The topological polar surface area (TPSA) is 68.3 Å². The molecule has 1 aromatic carbocycles. The monoisotopic (exact) mass is 298 g/mol. The van der Waals surface area contributed by atoms with Crippen LogP contribution in [0.4, 0.5) is 0 Å². The number of fused-ring (bicyclic) bond motifs is 1. The van der Waals surface area contributed by atoms with E-state index in [9.17, 15) is 9.59 Å². The normalized spacial score (nSPS) is 15.4. The van der Waals surface area contributed by atoms with Crippen LogP contribution >= 0.6 is 0 Å². The van der Waals surface area contributed by atoms with Gasteiger partial charge in [-0.05, 0) is 31.9 Å². The maximum Gasteiger partial charge on any atom is 0.328 e. The molecular formula is C17H18N2O3. The van der Waals surface area contributed by atoms with Crippen molar-refractivity contribution in [3.8, 4) is 0 Å². The maximum atomic E-state index is 12.5. The molecule has 114 valence electrons. The number of esters is 1. The molecule has 5 nitrogen and oxygen atoms in total. The second-order valence-corrected chi connectivity index (χ2v) is 5.60. The highest BCUT2D eigenvalue weighted by atomic mass is 16.5. The molecule has 1 atom stereocenters. The predicted molar refractivity (Wildman–Crippen MR) is 82.7 cm³/mol. The number of nitrogens with zero attached hydrogens (tertiary/aromatic N) is 1. The van der Waals surface area contributed by atoms with Crippen molar-refractivity contribution in [3.63, 3.8) is 0 Å². The number of carbonyl (C=O) groups is 2. The summed E-state index contributed by atoms with van der Waals surface area (Å²) in [5.74, 6) is -0.290. The minimum atomic E-state index is -0.686. The smallest absolute Gasteiger partial charge is 0.328 e. The van der Waals surface area contributed by atoms with Crippen molar-refractivity contribution in [2.24, 2.45) is 0 Å². The molecule has 1 aliphatic rings. The number of hydrogen-bond acceptors (Lipinski definition) is 4. The summed E-state index contributed by atoms with van der Waals surface area (Å²) in [6, 6.07) is 8.72. The van der Waals surface area contributed by atoms with Crippen LogP contribution in [0.3, 0.4) is 0 Å². The molecule has 5 heteroatoms. The van der Waals surface area contributed by atoms with Crippen LogP contribution in [0.1, 0.15) is 41.7 Å². The van der Waals surface area contributed by atoms with Crippen LogP contribution in [-0.2, 0) is 9.53 Å². The maximum absolute atomic E-state index is 12.5. The summed E-state index contributed by atoms with van der Waals surface area (Å²) in [7, 11) is 1.30. The standard InChI is InChI=1S/C17H18N2O3/c1-10(17(21)22-2)18-16(20)13-9-15(11-7-8-11)19-14-6-4-3-5-12(13)14/h3-6,9-11H,7-8H2,1-2H3,(H,18,20)/t10-/m0/s1. The fourth-order valence-corrected chi connectivity index (χ4v) is 2.48. The molecule has 1 aliphatic carbocycles. The van der Waals surface area contributed by atoms with E-state index >= 15 is 0 Å². The minimum absolute atomic E-state index is 0.279. The fourth-order valence-electron chi connectivity index (χ4n) is 2.48. The first-order chi connectivity index (χ1) is 10.6. The zero-order valence-electron chi connectivity index (χ0n) is 12.6. The number of methoxy groups -OCH3 is 1. The SMILES string of the molecule is COC(=O)[C@H](C)NC(=O)c1cc(C2CC2)nc2ccccc12. The van der Waals surface area contributed by atoms with E-state index in [1.807, 2.05) is 30.3 Å². The summed E-state index contributed by atoms with van der Waals surface area (Å²) in [5.41, 5.74) is 2.32. The Hall–Kier alpha value is -2.43. The van der Waals surface area contributed by atoms with Crippen molar-refractivity contribution in [2.75, 3.05) is 7.11 Å². The fraction of sp³-hybridized carbons (Fsp3) is 0.353. The summed E-state index contributed by atoms with van der Waals surface area (Å²) in [6.45, 7) is 1.61. The second-order valence-electron chi connectivity index (χ2n) is 5.60. The Morgan fingerprint density at radius 1 is 1.32 bits per heavy atom. The average Bonchev–Trinajstić information content (AvgIpc) is 3.37. The van der Waals surface area contributed by atoms with Gasteiger partial charge in [0.15, 0.2) is 0 Å². The molecule has 0 bridgehead atoms. The first-order valence-electron chi connectivity index (χ1n) is 7.38. The van der Waals surface area contributed by atoms with E-state index in [0.717, 1.165) is 29.4 Å². The summed E-state index contributed by atoms with van der Waals surface area (Å²) >= 11 is 0. The molecule has 1 N–H and O–H groups in total. The number of aromatic nitrogens is 1. The van der Waals surface area contributed by atoms with Crippen LogP contribution < -0.4 is 5.32 Å². The first kappa shape index (κ1) is 14.5. The van der Waals surface area contributed by atoms with E-state index < -0.39 is 12.0 Å². The Labute approximate surface area is 128 Å². The number of hydrogen-bond donors (Lipinski definition) is 1. The largest absolute Gasteiger partial charge is 0.467 e. The van der Waals surface area contributed by atoms with E-state index in [1.165, 1.54) is 7.11 Å². The Balaban J connectivity index is 1.97. The Bertz CT molecular complexity index is 738. The molecule has 1 amide bonds. The van der Waals surface area contributed by atoms with Gasteiger partial charge in [-0.1, -0.05) is 18.2 Å². The highest BCUT2D eigenvalue weighted by Crippen LogP contribution is 2.40. The zero-order valence-corrected chi connectivity index (χ0v) is 12.6. The third kappa shape index (κ3) is 2.79. The number of para-hydroxylation sites is 1. The lowest BCUT2D eigenvalue weighted by Crippen LogP contribution is -2.39. The van der Waals surface area contributed by atoms with E-state index in [4.69, 9.17) is 0 Å². The highest BCUT2D eigenvalue weighted by molar-refractivity contribution is 6.07. The minimum Gasteiger partial charge on any atom is -0.467 e. The Kier molecular flexibility index (Phi) is 3.79. The summed E-state index contributed by atoms with van der Waals surface area (Å²) in [4.78, 5) is 28.7. The van der Waals surface area contributed by atoms with Gasteiger partial charge < -0.3 is 10.1 Å². The molecule has 0 saturated heterocycles. The molecule has 22 heavy (non-hydrogen) atoms. The van der Waals surface area contributed by atoms with Gasteiger partial charge in [0.2, 0.25) is 0 Å². The lowest BCUT2D eigenvalue weighted by Gasteiger charge is -2.13. The van der Waals surface area contributed by atoms with E-state index in [1.54, 1.807) is 6.92 Å². The van der Waals surface area contributed by atoms with Gasteiger partial charge in [0.1, 0.15) is 6.04 Å². The Morgan fingerprint density at radius 3 is 2.73 bits per heavy atom. The van der Waals surface area contributed by atoms with Crippen molar-refractivity contribution in [2.45, 2.75) is 31.7 Å². The van der Waals surface area contributed by atoms with Crippen molar-refractivity contribution >= 4 is 22.8 Å². The van der Waals surface area contributed by atoms with Gasteiger partial charge in [-0.2, -0.15) is 0 Å². The van der Waals surface area contributed by atoms with Crippen molar-refractivity contribution in [1.29, 1.82) is 0 Å². The number of carbonyl (C=O) groups excluding carboxylic acids is 2. The van der Waals surface area contributed by atoms with Gasteiger partial charge in [0.25, 0.3) is 5.91 Å². The number of ether oxygens (including phenoxy) is 1. The van der Waals surface area contributed by atoms with Gasteiger partial charge in [-0.15, -0.1) is 0 Å². The summed E-state index contributed by atoms with van der Waals surface area (Å²) in [6.07, 6.45) is 2.23. The Morgan fingerprint density at radius 2 is 2.05 bits per heavy atom. The van der Waals surface area contributed by atoms with Crippen molar-refractivity contribution in [3.05, 3.63) is 41.6 Å². The number of rotatable bonds is 4. The molecule has 2 aromatic rings. The van der Waals surface area contributed by atoms with Crippen molar-refractivity contribution in [1.82, 2.24) is 10.3 Å². The number of nitrogens with one attached hydrogen (secondary N) is 1. The lowest BCUT2D eigenvalue weighted by atomic mass is 10.0. The molecule has 0 unspecified atom stereocenters. The van der Waals surface area contributed by atoms with E-state index in [2.05, 4.69) is 15.0 Å². The zero-order chi connectivity index (χ0) is 15.7. The molecule has 1 heterocycles. The van der Waals surface area contributed by atoms with Crippen LogP contribution in [0.15, 0.2) is 30.3 Å². The van der Waals surface area contributed by atoms with E-state index in [0.29, 0.717) is 11.5 Å². The third-order valence-electron chi connectivity index (χ3n) is 3.88. The number of benzene rings is 1. The summed E-state index contributed by atoms with van der Waals surface area (Å²) in [5, 5.41) is 3.48.